The molecule has 0 spiro atoms. The molecule has 7 heteroatoms. The summed E-state index contributed by atoms with van der Waals surface area (Å²) in [6, 6.07) is 18.5. The smallest absolute Gasteiger partial charge is 0.250 e. The van der Waals surface area contributed by atoms with Crippen molar-refractivity contribution in [2.45, 2.75) is 12.3 Å². The predicted molar refractivity (Wildman–Crippen MR) is 97.8 cm³/mol. The highest BCUT2D eigenvalue weighted by molar-refractivity contribution is 7.91. The van der Waals surface area contributed by atoms with E-state index in [9.17, 15) is 18.0 Å². The number of hydrogen-bond acceptors (Lipinski definition) is 4. The summed E-state index contributed by atoms with van der Waals surface area (Å²) in [5.41, 5.74) is 6.43. The monoisotopic (exact) mass is 372 g/mol. The Bertz CT molecular complexity index is 843. The highest BCUT2D eigenvalue weighted by atomic mass is 32.2. The molecule has 3 rings (SSSR count). The molecule has 1 unspecified atom stereocenters. The van der Waals surface area contributed by atoms with Crippen LogP contribution in [0.2, 0.25) is 0 Å². The number of carbonyl (C=O) groups is 2. The van der Waals surface area contributed by atoms with Crippen molar-refractivity contribution in [2.75, 3.05) is 11.5 Å². The highest BCUT2D eigenvalue weighted by Crippen LogP contribution is 2.24. The van der Waals surface area contributed by atoms with Crippen molar-refractivity contribution in [1.82, 2.24) is 10.9 Å². The van der Waals surface area contributed by atoms with Gasteiger partial charge in [0.2, 0.25) is 11.8 Å². The molecule has 2 amide bonds. The molecular weight excluding hydrogens is 352 g/mol. The third-order valence-corrected chi connectivity index (χ3v) is 6.21. The molecule has 1 saturated heterocycles. The Labute approximate surface area is 152 Å². The average molecular weight is 372 g/mol. The molecular formula is C19H20N2O4S. The second-order valence-electron chi connectivity index (χ2n) is 6.33. The molecule has 0 aromatic heterocycles. The molecule has 2 aromatic rings. The zero-order valence-electron chi connectivity index (χ0n) is 14.1. The first kappa shape index (κ1) is 18.1. The average Bonchev–Trinajstić information content (AvgIpc) is 3.02. The molecule has 1 atom stereocenters. The number of nitrogens with one attached hydrogen (secondary N) is 2. The van der Waals surface area contributed by atoms with Crippen molar-refractivity contribution in [3.05, 3.63) is 71.8 Å². The fourth-order valence-corrected chi connectivity index (χ4v) is 4.83. The van der Waals surface area contributed by atoms with Crippen LogP contribution in [0.25, 0.3) is 0 Å². The first-order chi connectivity index (χ1) is 12.5. The summed E-state index contributed by atoms with van der Waals surface area (Å²) in [6.45, 7) is 0. The van der Waals surface area contributed by atoms with E-state index in [0.29, 0.717) is 0 Å². The first-order valence-electron chi connectivity index (χ1n) is 8.36. The van der Waals surface area contributed by atoms with Crippen LogP contribution in [-0.2, 0) is 19.4 Å². The van der Waals surface area contributed by atoms with Crippen LogP contribution in [0.5, 0.6) is 0 Å². The summed E-state index contributed by atoms with van der Waals surface area (Å²) in [6.07, 6.45) is 0.283. The van der Waals surface area contributed by atoms with Gasteiger partial charge in [-0.1, -0.05) is 60.7 Å². The van der Waals surface area contributed by atoms with Crippen molar-refractivity contribution in [1.29, 1.82) is 0 Å². The van der Waals surface area contributed by atoms with Crippen LogP contribution in [0.15, 0.2) is 60.7 Å². The first-order valence-corrected chi connectivity index (χ1v) is 10.2. The molecule has 1 aliphatic heterocycles. The predicted octanol–water partition coefficient (Wildman–Crippen LogP) is 1.40. The van der Waals surface area contributed by atoms with Gasteiger partial charge in [0.15, 0.2) is 9.84 Å². The normalized spacial score (nSPS) is 18.4. The Hall–Kier alpha value is -2.67. The van der Waals surface area contributed by atoms with Crippen LogP contribution in [0.3, 0.4) is 0 Å². The molecule has 0 saturated carbocycles. The number of amides is 2. The van der Waals surface area contributed by atoms with Crippen LogP contribution in [0.1, 0.15) is 23.5 Å². The Morgan fingerprint density at radius 2 is 1.42 bits per heavy atom. The van der Waals surface area contributed by atoms with Gasteiger partial charge >= 0.3 is 0 Å². The van der Waals surface area contributed by atoms with E-state index in [1.54, 1.807) is 0 Å². The van der Waals surface area contributed by atoms with Gasteiger partial charge in [-0.25, -0.2) is 8.42 Å². The molecule has 1 heterocycles. The fraction of sp³-hybridized carbons (Fsp3) is 0.263. The van der Waals surface area contributed by atoms with Gasteiger partial charge in [0.05, 0.1) is 23.3 Å². The van der Waals surface area contributed by atoms with Gasteiger partial charge in [-0.3, -0.25) is 20.4 Å². The van der Waals surface area contributed by atoms with Gasteiger partial charge in [0, 0.05) is 0 Å². The Morgan fingerprint density at radius 3 is 1.88 bits per heavy atom. The minimum atomic E-state index is -3.15. The molecule has 26 heavy (non-hydrogen) atoms. The Kier molecular flexibility index (Phi) is 5.37. The maximum Gasteiger partial charge on any atom is 0.250 e. The zero-order valence-corrected chi connectivity index (χ0v) is 14.9. The van der Waals surface area contributed by atoms with Crippen molar-refractivity contribution in [3.8, 4) is 0 Å². The molecule has 0 aliphatic carbocycles. The second-order valence-corrected chi connectivity index (χ2v) is 8.56. The van der Waals surface area contributed by atoms with Crippen molar-refractivity contribution < 1.29 is 18.0 Å². The molecule has 6 nitrogen and oxygen atoms in total. The summed E-state index contributed by atoms with van der Waals surface area (Å²) in [4.78, 5) is 24.9. The summed E-state index contributed by atoms with van der Waals surface area (Å²) < 4.78 is 23.0. The lowest BCUT2D eigenvalue weighted by Gasteiger charge is -2.19. The van der Waals surface area contributed by atoms with E-state index in [2.05, 4.69) is 10.9 Å². The number of hydrazine groups is 1. The maximum absolute atomic E-state index is 12.7. The molecule has 1 fully saturated rings. The number of hydrogen-bond donors (Lipinski definition) is 2. The van der Waals surface area contributed by atoms with Gasteiger partial charge < -0.3 is 0 Å². The van der Waals surface area contributed by atoms with Crippen molar-refractivity contribution in [2.24, 2.45) is 5.92 Å². The highest BCUT2D eigenvalue weighted by Gasteiger charge is 2.33. The van der Waals surface area contributed by atoms with Crippen LogP contribution in [0.4, 0.5) is 0 Å². The van der Waals surface area contributed by atoms with Gasteiger partial charge in [-0.15, -0.1) is 0 Å². The number of benzene rings is 2. The largest absolute Gasteiger partial charge is 0.273 e. The Morgan fingerprint density at radius 1 is 0.885 bits per heavy atom. The number of carbonyl (C=O) groups excluding carboxylic acids is 2. The quantitative estimate of drug-likeness (QED) is 0.794. The summed E-state index contributed by atoms with van der Waals surface area (Å²) >= 11 is 0. The number of rotatable bonds is 4. The minimum absolute atomic E-state index is 0.00961. The minimum Gasteiger partial charge on any atom is -0.273 e. The lowest BCUT2D eigenvalue weighted by Crippen LogP contribution is -2.46. The van der Waals surface area contributed by atoms with Crippen LogP contribution >= 0.6 is 0 Å². The van der Waals surface area contributed by atoms with Crippen LogP contribution in [0, 0.1) is 5.92 Å². The van der Waals surface area contributed by atoms with Crippen molar-refractivity contribution in [3.63, 3.8) is 0 Å². The molecule has 136 valence electrons. The van der Waals surface area contributed by atoms with Gasteiger partial charge in [-0.05, 0) is 17.5 Å². The number of sulfone groups is 1. The van der Waals surface area contributed by atoms with E-state index in [0.717, 1.165) is 11.1 Å². The lowest BCUT2D eigenvalue weighted by atomic mass is 9.91. The summed E-state index contributed by atoms with van der Waals surface area (Å²) in [7, 11) is -3.15. The van der Waals surface area contributed by atoms with Crippen LogP contribution in [-0.4, -0.2) is 31.7 Å². The molecule has 0 radical (unpaired) electrons. The van der Waals surface area contributed by atoms with Gasteiger partial charge in [-0.2, -0.15) is 0 Å². The third kappa shape index (κ3) is 4.29. The van der Waals surface area contributed by atoms with E-state index in [-0.39, 0.29) is 23.8 Å². The van der Waals surface area contributed by atoms with Gasteiger partial charge in [0.25, 0.3) is 0 Å². The molecule has 1 aliphatic rings. The van der Waals surface area contributed by atoms with E-state index in [1.165, 1.54) is 0 Å². The van der Waals surface area contributed by atoms with E-state index in [1.807, 2.05) is 60.7 Å². The van der Waals surface area contributed by atoms with E-state index >= 15 is 0 Å². The maximum atomic E-state index is 12.7. The van der Waals surface area contributed by atoms with E-state index in [4.69, 9.17) is 0 Å². The Balaban J connectivity index is 1.71. The second kappa shape index (κ2) is 7.70. The zero-order chi connectivity index (χ0) is 18.6. The topological polar surface area (TPSA) is 92.3 Å². The lowest BCUT2D eigenvalue weighted by molar-refractivity contribution is -0.131. The SMILES string of the molecule is O=C(NNC(=O)C(c1ccccc1)c1ccccc1)C1CCS(=O)(=O)C1. The standard InChI is InChI=1S/C19H20N2O4S/c22-18(16-11-12-26(24,25)13-16)20-21-19(23)17(14-7-3-1-4-8-14)15-9-5-2-6-10-15/h1-10,16-17H,11-13H2,(H,20,22)(H,21,23). The molecule has 2 N–H and O–H groups in total. The van der Waals surface area contributed by atoms with Gasteiger partial charge in [0.1, 0.15) is 0 Å². The molecule has 2 aromatic carbocycles. The summed E-state index contributed by atoms with van der Waals surface area (Å²) in [5, 5.41) is 0. The molecule has 0 bridgehead atoms. The fourth-order valence-electron chi connectivity index (χ4n) is 3.09. The third-order valence-electron chi connectivity index (χ3n) is 4.44. The van der Waals surface area contributed by atoms with Crippen molar-refractivity contribution >= 4 is 21.7 Å². The van der Waals surface area contributed by atoms with Crippen LogP contribution < -0.4 is 10.9 Å². The summed E-state index contributed by atoms with van der Waals surface area (Å²) in [5.74, 6) is -2.21. The van der Waals surface area contributed by atoms with E-state index < -0.39 is 27.6 Å².